The molecule has 5 heteroatoms. The first-order valence-corrected chi connectivity index (χ1v) is 11.6. The molecule has 1 heterocycles. The molecule has 0 aliphatic carbocycles. The Morgan fingerprint density at radius 2 is 1.37 bits per heavy atom. The number of hydrogen-bond acceptors (Lipinski definition) is 5. The van der Waals surface area contributed by atoms with Crippen molar-refractivity contribution in [3.05, 3.63) is 90.0 Å². The summed E-state index contributed by atoms with van der Waals surface area (Å²) in [6.45, 7) is 3.49. The van der Waals surface area contributed by atoms with Gasteiger partial charge in [0.1, 0.15) is 25.6 Å². The molecule has 0 saturated heterocycles. The van der Waals surface area contributed by atoms with Crippen molar-refractivity contribution in [2.24, 2.45) is 0 Å². The Bertz CT molecular complexity index is 1310. The minimum Gasteiger partial charge on any atom is -0.496 e. The molecule has 0 atom stereocenters. The maximum atomic E-state index is 6.17. The molecule has 4 aromatic rings. The van der Waals surface area contributed by atoms with Crippen LogP contribution in [0.3, 0.4) is 0 Å². The summed E-state index contributed by atoms with van der Waals surface area (Å²) >= 11 is 0. The Kier molecular flexibility index (Phi) is 6.49. The van der Waals surface area contributed by atoms with E-state index in [1.54, 1.807) is 14.2 Å². The fourth-order valence-electron chi connectivity index (χ4n) is 4.24. The van der Waals surface area contributed by atoms with Gasteiger partial charge in [-0.1, -0.05) is 66.2 Å². The molecule has 0 bridgehead atoms. The van der Waals surface area contributed by atoms with Crippen molar-refractivity contribution in [2.75, 3.05) is 27.4 Å². The van der Waals surface area contributed by atoms with Crippen molar-refractivity contribution in [1.82, 2.24) is 0 Å². The molecule has 0 aromatic heterocycles. The van der Waals surface area contributed by atoms with Gasteiger partial charge in [0.05, 0.1) is 19.8 Å². The average molecular weight is 469 g/mol. The molecule has 5 rings (SSSR count). The van der Waals surface area contributed by atoms with Gasteiger partial charge >= 0.3 is 0 Å². The SMILES string of the molecule is COc1cc(-c2c(OC)cc(-c3ccc(C)cc3)c3c2OCCO3)ccc1OCc1ccccc1. The fraction of sp³-hybridized carbons (Fsp3) is 0.200. The van der Waals surface area contributed by atoms with Crippen molar-refractivity contribution in [3.8, 4) is 51.0 Å². The number of benzene rings is 4. The predicted octanol–water partition coefficient (Wildman–Crippen LogP) is 6.70. The van der Waals surface area contributed by atoms with E-state index >= 15 is 0 Å². The number of rotatable bonds is 7. The maximum Gasteiger partial charge on any atom is 0.173 e. The Morgan fingerprint density at radius 3 is 2.09 bits per heavy atom. The quantitative estimate of drug-likeness (QED) is 0.302. The van der Waals surface area contributed by atoms with Crippen molar-refractivity contribution >= 4 is 0 Å². The van der Waals surface area contributed by atoms with Gasteiger partial charge in [-0.05, 0) is 41.8 Å². The second kappa shape index (κ2) is 10.0. The van der Waals surface area contributed by atoms with Crippen LogP contribution in [0.1, 0.15) is 11.1 Å². The van der Waals surface area contributed by atoms with Crippen LogP contribution >= 0.6 is 0 Å². The normalized spacial score (nSPS) is 12.2. The van der Waals surface area contributed by atoms with Gasteiger partial charge in [0.2, 0.25) is 0 Å². The van der Waals surface area contributed by atoms with Crippen LogP contribution in [0.25, 0.3) is 22.3 Å². The molecule has 35 heavy (non-hydrogen) atoms. The largest absolute Gasteiger partial charge is 0.496 e. The van der Waals surface area contributed by atoms with E-state index in [1.807, 2.05) is 54.6 Å². The van der Waals surface area contributed by atoms with Crippen LogP contribution < -0.4 is 23.7 Å². The van der Waals surface area contributed by atoms with E-state index in [-0.39, 0.29) is 0 Å². The van der Waals surface area contributed by atoms with Crippen molar-refractivity contribution in [2.45, 2.75) is 13.5 Å². The molecule has 178 valence electrons. The molecular formula is C30H28O5. The van der Waals surface area contributed by atoms with Crippen LogP contribution in [-0.2, 0) is 6.61 Å². The number of ether oxygens (including phenoxy) is 5. The zero-order valence-corrected chi connectivity index (χ0v) is 20.2. The van der Waals surface area contributed by atoms with Gasteiger partial charge < -0.3 is 23.7 Å². The first-order valence-electron chi connectivity index (χ1n) is 11.6. The predicted molar refractivity (Wildman–Crippen MR) is 137 cm³/mol. The molecule has 5 nitrogen and oxygen atoms in total. The third-order valence-electron chi connectivity index (χ3n) is 6.05. The summed E-state index contributed by atoms with van der Waals surface area (Å²) in [5.41, 5.74) is 5.99. The first kappa shape index (κ1) is 22.7. The standard InChI is InChI=1S/C30H28O5/c1-20-9-11-22(12-10-20)24-18-27(32-3)28(30-29(24)33-15-16-34-30)23-13-14-25(26(17-23)31-2)35-19-21-7-5-4-6-8-21/h4-14,17-18H,15-16,19H2,1-3H3. The molecule has 1 aliphatic heterocycles. The summed E-state index contributed by atoms with van der Waals surface area (Å²) in [4.78, 5) is 0. The van der Waals surface area contributed by atoms with Gasteiger partial charge in [0, 0.05) is 5.56 Å². The Morgan fingerprint density at radius 1 is 0.686 bits per heavy atom. The van der Waals surface area contributed by atoms with Crippen LogP contribution in [0.4, 0.5) is 0 Å². The minimum atomic E-state index is 0.456. The summed E-state index contributed by atoms with van der Waals surface area (Å²) in [6.07, 6.45) is 0. The van der Waals surface area contributed by atoms with Crippen LogP contribution in [-0.4, -0.2) is 27.4 Å². The Hall–Kier alpha value is -4.12. The number of methoxy groups -OCH3 is 2. The molecule has 0 spiro atoms. The molecule has 0 radical (unpaired) electrons. The Balaban J connectivity index is 1.56. The highest BCUT2D eigenvalue weighted by atomic mass is 16.6. The van der Waals surface area contributed by atoms with Gasteiger partial charge in [-0.3, -0.25) is 0 Å². The molecule has 0 unspecified atom stereocenters. The highest BCUT2D eigenvalue weighted by Gasteiger charge is 2.27. The monoisotopic (exact) mass is 468 g/mol. The van der Waals surface area contributed by atoms with E-state index in [4.69, 9.17) is 23.7 Å². The summed E-state index contributed by atoms with van der Waals surface area (Å²) < 4.78 is 29.9. The lowest BCUT2D eigenvalue weighted by molar-refractivity contribution is 0.172. The number of aryl methyl sites for hydroxylation is 1. The second-order valence-electron chi connectivity index (χ2n) is 8.36. The van der Waals surface area contributed by atoms with E-state index < -0.39 is 0 Å². The zero-order valence-electron chi connectivity index (χ0n) is 20.2. The topological polar surface area (TPSA) is 46.2 Å². The molecule has 4 aromatic carbocycles. The molecule has 0 fully saturated rings. The van der Waals surface area contributed by atoms with Gasteiger partial charge in [-0.25, -0.2) is 0 Å². The van der Waals surface area contributed by atoms with Crippen molar-refractivity contribution in [3.63, 3.8) is 0 Å². The molecule has 0 amide bonds. The second-order valence-corrected chi connectivity index (χ2v) is 8.36. The minimum absolute atomic E-state index is 0.456. The maximum absolute atomic E-state index is 6.17. The van der Waals surface area contributed by atoms with E-state index in [9.17, 15) is 0 Å². The van der Waals surface area contributed by atoms with Crippen molar-refractivity contribution < 1.29 is 23.7 Å². The summed E-state index contributed by atoms with van der Waals surface area (Å²) in [6, 6.07) is 26.3. The first-order chi connectivity index (χ1) is 17.2. The van der Waals surface area contributed by atoms with Gasteiger partial charge in [-0.2, -0.15) is 0 Å². The molecule has 0 N–H and O–H groups in total. The third kappa shape index (κ3) is 4.62. The summed E-state index contributed by atoms with van der Waals surface area (Å²) in [5, 5.41) is 0. The van der Waals surface area contributed by atoms with Crippen LogP contribution in [0.5, 0.6) is 28.7 Å². The van der Waals surface area contributed by atoms with E-state index in [2.05, 4.69) is 31.2 Å². The number of fused-ring (bicyclic) bond motifs is 1. The lowest BCUT2D eigenvalue weighted by atomic mass is 9.95. The highest BCUT2D eigenvalue weighted by Crippen LogP contribution is 2.52. The summed E-state index contributed by atoms with van der Waals surface area (Å²) in [5.74, 6) is 3.39. The van der Waals surface area contributed by atoms with Crippen molar-refractivity contribution in [1.29, 1.82) is 0 Å². The summed E-state index contributed by atoms with van der Waals surface area (Å²) in [7, 11) is 3.31. The lowest BCUT2D eigenvalue weighted by Crippen LogP contribution is -2.17. The molecular weight excluding hydrogens is 440 g/mol. The van der Waals surface area contributed by atoms with E-state index in [0.29, 0.717) is 42.8 Å². The lowest BCUT2D eigenvalue weighted by Gasteiger charge is -2.26. The van der Waals surface area contributed by atoms with Crippen LogP contribution in [0.15, 0.2) is 78.9 Å². The Labute approximate surface area is 205 Å². The van der Waals surface area contributed by atoms with Crippen LogP contribution in [0.2, 0.25) is 0 Å². The van der Waals surface area contributed by atoms with Gasteiger partial charge in [0.25, 0.3) is 0 Å². The van der Waals surface area contributed by atoms with Gasteiger partial charge in [0.15, 0.2) is 23.0 Å². The average Bonchev–Trinajstić information content (AvgIpc) is 2.92. The smallest absolute Gasteiger partial charge is 0.173 e. The molecule has 1 aliphatic rings. The highest BCUT2D eigenvalue weighted by molar-refractivity contribution is 5.88. The van der Waals surface area contributed by atoms with Crippen LogP contribution in [0, 0.1) is 6.92 Å². The third-order valence-corrected chi connectivity index (χ3v) is 6.05. The van der Waals surface area contributed by atoms with E-state index in [1.165, 1.54) is 5.56 Å². The number of hydrogen-bond donors (Lipinski definition) is 0. The fourth-order valence-corrected chi connectivity index (χ4v) is 4.24. The van der Waals surface area contributed by atoms with E-state index in [0.717, 1.165) is 33.6 Å². The zero-order chi connectivity index (χ0) is 24.2. The molecule has 0 saturated carbocycles. The van der Waals surface area contributed by atoms with Gasteiger partial charge in [-0.15, -0.1) is 0 Å².